The van der Waals surface area contributed by atoms with Gasteiger partial charge < -0.3 is 15.1 Å². The third-order valence-corrected chi connectivity index (χ3v) is 3.58. The Hall–Kier alpha value is -2.10. The van der Waals surface area contributed by atoms with Crippen molar-refractivity contribution in [3.63, 3.8) is 0 Å². The molecule has 1 amide bonds. The molecule has 0 fully saturated rings. The van der Waals surface area contributed by atoms with E-state index in [1.54, 1.807) is 6.92 Å². The van der Waals surface area contributed by atoms with Crippen molar-refractivity contribution in [2.24, 2.45) is 0 Å². The van der Waals surface area contributed by atoms with E-state index in [0.717, 1.165) is 34.9 Å². The van der Waals surface area contributed by atoms with E-state index in [0.29, 0.717) is 18.7 Å². The molecule has 0 atom stereocenters. The topological polar surface area (TPSA) is 62.0 Å². The summed E-state index contributed by atoms with van der Waals surface area (Å²) in [5.41, 5.74) is 3.78. The number of aromatic amines is 1. The molecule has 21 heavy (non-hydrogen) atoms. The van der Waals surface area contributed by atoms with Crippen LogP contribution >= 0.6 is 0 Å². The van der Waals surface area contributed by atoms with E-state index in [9.17, 15) is 9.59 Å². The number of carbonyl (C=O) groups excluding carboxylic acids is 2. The van der Waals surface area contributed by atoms with Crippen molar-refractivity contribution in [3.05, 3.63) is 35.0 Å². The van der Waals surface area contributed by atoms with Gasteiger partial charge in [-0.15, -0.1) is 0 Å². The van der Waals surface area contributed by atoms with E-state index in [2.05, 4.69) is 16.4 Å². The lowest BCUT2D eigenvalue weighted by molar-refractivity contribution is -0.117. The van der Waals surface area contributed by atoms with Crippen LogP contribution in [0.2, 0.25) is 0 Å². The zero-order valence-corrected chi connectivity index (χ0v) is 12.9. The van der Waals surface area contributed by atoms with E-state index in [1.807, 2.05) is 26.0 Å². The number of carbonyl (C=O) groups is 2. The Balaban J connectivity index is 2.40. The molecule has 0 bridgehead atoms. The van der Waals surface area contributed by atoms with Crippen LogP contribution in [0.5, 0.6) is 0 Å². The zero-order valence-electron chi connectivity index (χ0n) is 12.9. The van der Waals surface area contributed by atoms with Crippen LogP contribution in [0.4, 0.5) is 0 Å². The summed E-state index contributed by atoms with van der Waals surface area (Å²) in [4.78, 5) is 26.5. The van der Waals surface area contributed by atoms with Gasteiger partial charge in [0.05, 0.1) is 0 Å². The second kappa shape index (κ2) is 6.57. The molecule has 0 aliphatic heterocycles. The third-order valence-electron chi connectivity index (χ3n) is 3.58. The summed E-state index contributed by atoms with van der Waals surface area (Å²) in [6.07, 6.45) is 2.05. The lowest BCUT2D eigenvalue weighted by Crippen LogP contribution is -2.24. The molecule has 0 saturated carbocycles. The molecule has 2 N–H and O–H groups in total. The fourth-order valence-electron chi connectivity index (χ4n) is 2.58. The number of hydrogen-bond donors (Lipinski definition) is 2. The number of nitrogens with one attached hydrogen (secondary N) is 2. The molecule has 2 aromatic rings. The summed E-state index contributed by atoms with van der Waals surface area (Å²) in [6.45, 7) is 6.14. The van der Waals surface area contributed by atoms with Gasteiger partial charge in [0, 0.05) is 23.9 Å². The van der Waals surface area contributed by atoms with Gasteiger partial charge in [0.1, 0.15) is 11.5 Å². The van der Waals surface area contributed by atoms with Gasteiger partial charge in [-0.1, -0.05) is 11.6 Å². The van der Waals surface area contributed by atoms with Gasteiger partial charge in [0.25, 0.3) is 5.91 Å². The summed E-state index contributed by atoms with van der Waals surface area (Å²) in [6, 6.07) is 6.12. The smallest absolute Gasteiger partial charge is 0.268 e. The Morgan fingerprint density at radius 3 is 2.71 bits per heavy atom. The summed E-state index contributed by atoms with van der Waals surface area (Å²) in [5, 5.41) is 3.92. The summed E-state index contributed by atoms with van der Waals surface area (Å²) in [5.74, 6) is 0.106. The number of aromatic nitrogens is 1. The summed E-state index contributed by atoms with van der Waals surface area (Å²) >= 11 is 0. The molecule has 0 saturated heterocycles. The van der Waals surface area contributed by atoms with Crippen molar-refractivity contribution in [2.75, 3.05) is 6.54 Å². The summed E-state index contributed by atoms with van der Waals surface area (Å²) < 4.78 is 0. The quantitative estimate of drug-likeness (QED) is 0.857. The normalized spacial score (nSPS) is 10.8. The highest BCUT2D eigenvalue weighted by atomic mass is 16.1. The Bertz CT molecular complexity index is 671. The lowest BCUT2D eigenvalue weighted by Gasteiger charge is -2.05. The second-order valence-corrected chi connectivity index (χ2v) is 5.44. The largest absolute Gasteiger partial charge is 0.351 e. The minimum atomic E-state index is -0.0795. The van der Waals surface area contributed by atoms with E-state index in [4.69, 9.17) is 0 Å². The Morgan fingerprint density at radius 2 is 2.05 bits per heavy atom. The average Bonchev–Trinajstić information content (AvgIpc) is 2.77. The van der Waals surface area contributed by atoms with Crippen LogP contribution in [0.3, 0.4) is 0 Å². The Labute approximate surface area is 124 Å². The zero-order chi connectivity index (χ0) is 15.4. The first-order valence-corrected chi connectivity index (χ1v) is 7.41. The minimum absolute atomic E-state index is 0.0795. The molecular formula is C17H22N2O2. The molecule has 0 radical (unpaired) electrons. The standard InChI is InChI=1S/C17H22N2O2/c1-4-18-17(21)16-13(7-5-6-12(3)20)14-10-11(2)8-9-15(14)19-16/h8-10,19H,4-7H2,1-3H3,(H,18,21). The van der Waals surface area contributed by atoms with Gasteiger partial charge in [0.15, 0.2) is 0 Å². The van der Waals surface area contributed by atoms with Crippen LogP contribution in [0.15, 0.2) is 18.2 Å². The van der Waals surface area contributed by atoms with Gasteiger partial charge in [-0.3, -0.25) is 4.79 Å². The lowest BCUT2D eigenvalue weighted by atomic mass is 10.0. The second-order valence-electron chi connectivity index (χ2n) is 5.44. The predicted molar refractivity (Wildman–Crippen MR) is 84.7 cm³/mol. The van der Waals surface area contributed by atoms with Crippen molar-refractivity contribution in [3.8, 4) is 0 Å². The fraction of sp³-hybridized carbons (Fsp3) is 0.412. The molecule has 4 nitrogen and oxygen atoms in total. The highest BCUT2D eigenvalue weighted by molar-refractivity contribution is 6.01. The monoisotopic (exact) mass is 286 g/mol. The van der Waals surface area contributed by atoms with E-state index < -0.39 is 0 Å². The van der Waals surface area contributed by atoms with Crippen molar-refractivity contribution in [1.82, 2.24) is 10.3 Å². The molecule has 0 aliphatic rings. The molecule has 1 heterocycles. The Morgan fingerprint density at radius 1 is 1.29 bits per heavy atom. The van der Waals surface area contributed by atoms with Crippen molar-refractivity contribution in [1.29, 1.82) is 0 Å². The average molecular weight is 286 g/mol. The maximum absolute atomic E-state index is 12.2. The maximum Gasteiger partial charge on any atom is 0.268 e. The first-order valence-electron chi connectivity index (χ1n) is 7.41. The van der Waals surface area contributed by atoms with E-state index >= 15 is 0 Å². The molecule has 0 unspecified atom stereocenters. The predicted octanol–water partition coefficient (Wildman–Crippen LogP) is 3.14. The van der Waals surface area contributed by atoms with Crippen LogP contribution in [0.25, 0.3) is 10.9 Å². The Kier molecular flexibility index (Phi) is 4.78. The first kappa shape index (κ1) is 15.3. The number of H-pyrrole nitrogens is 1. The number of amides is 1. The van der Waals surface area contributed by atoms with Crippen LogP contribution in [0, 0.1) is 6.92 Å². The number of rotatable bonds is 6. The number of ketones is 1. The molecule has 0 aliphatic carbocycles. The van der Waals surface area contributed by atoms with Crippen molar-refractivity contribution < 1.29 is 9.59 Å². The third kappa shape index (κ3) is 3.51. The van der Waals surface area contributed by atoms with Gasteiger partial charge in [0.2, 0.25) is 0 Å². The molecule has 112 valence electrons. The molecule has 0 spiro atoms. The minimum Gasteiger partial charge on any atom is -0.351 e. The van der Waals surface area contributed by atoms with Crippen LogP contribution in [-0.2, 0) is 11.2 Å². The van der Waals surface area contributed by atoms with E-state index in [1.165, 1.54) is 0 Å². The molecule has 1 aromatic carbocycles. The van der Waals surface area contributed by atoms with Gasteiger partial charge in [-0.05, 0) is 51.3 Å². The number of benzene rings is 1. The number of fused-ring (bicyclic) bond motifs is 1. The molecular weight excluding hydrogens is 264 g/mol. The maximum atomic E-state index is 12.2. The molecule has 1 aromatic heterocycles. The highest BCUT2D eigenvalue weighted by Crippen LogP contribution is 2.25. The van der Waals surface area contributed by atoms with E-state index in [-0.39, 0.29) is 11.7 Å². The van der Waals surface area contributed by atoms with Crippen molar-refractivity contribution >= 4 is 22.6 Å². The van der Waals surface area contributed by atoms with Crippen LogP contribution < -0.4 is 5.32 Å². The molecule has 4 heteroatoms. The molecule has 2 rings (SSSR count). The number of Topliss-reactive ketones (excluding diaryl/α,β-unsaturated/α-hetero) is 1. The van der Waals surface area contributed by atoms with Crippen molar-refractivity contribution in [2.45, 2.75) is 40.0 Å². The fourth-order valence-corrected chi connectivity index (χ4v) is 2.58. The highest BCUT2D eigenvalue weighted by Gasteiger charge is 2.17. The SMILES string of the molecule is CCNC(=O)c1[nH]c2ccc(C)cc2c1CCCC(C)=O. The summed E-state index contributed by atoms with van der Waals surface area (Å²) in [7, 11) is 0. The van der Waals surface area contributed by atoms with Crippen LogP contribution in [-0.4, -0.2) is 23.2 Å². The van der Waals surface area contributed by atoms with Gasteiger partial charge in [-0.25, -0.2) is 0 Å². The van der Waals surface area contributed by atoms with Crippen LogP contribution in [0.1, 0.15) is 48.3 Å². The van der Waals surface area contributed by atoms with Gasteiger partial charge >= 0.3 is 0 Å². The first-order chi connectivity index (χ1) is 10.0. The van der Waals surface area contributed by atoms with Gasteiger partial charge in [-0.2, -0.15) is 0 Å². The number of hydrogen-bond acceptors (Lipinski definition) is 2. The number of aryl methyl sites for hydroxylation is 2.